The van der Waals surface area contributed by atoms with E-state index in [2.05, 4.69) is 0 Å². The molecule has 0 aliphatic rings. The largest absolute Gasteiger partial charge is 0.508 e. The smallest absolute Gasteiger partial charge is 0.126 e. The lowest BCUT2D eigenvalue weighted by atomic mass is 10.2. The van der Waals surface area contributed by atoms with E-state index in [0.29, 0.717) is 25.6 Å². The summed E-state index contributed by atoms with van der Waals surface area (Å²) in [5, 5.41) is 18.5. The van der Waals surface area contributed by atoms with Gasteiger partial charge in [-0.25, -0.2) is 0 Å². The van der Waals surface area contributed by atoms with Gasteiger partial charge in [0, 0.05) is 18.2 Å². The van der Waals surface area contributed by atoms with Crippen LogP contribution >= 0.6 is 0 Å². The molecule has 0 saturated heterocycles. The maximum absolute atomic E-state index is 9.27. The molecule has 2 aromatic rings. The van der Waals surface area contributed by atoms with Crippen molar-refractivity contribution in [2.45, 2.75) is 6.61 Å². The molecule has 0 heterocycles. The second kappa shape index (κ2) is 6.66. The summed E-state index contributed by atoms with van der Waals surface area (Å²) in [5.74, 6) is 0.362. The molecule has 0 aromatic heterocycles. The Bertz CT molecular complexity index is 491. The summed E-state index contributed by atoms with van der Waals surface area (Å²) in [6.07, 6.45) is 0. The fourth-order valence-corrected chi connectivity index (χ4v) is 1.63. The number of benzene rings is 2. The molecule has 19 heavy (non-hydrogen) atoms. The van der Waals surface area contributed by atoms with Gasteiger partial charge in [0.1, 0.15) is 23.9 Å². The van der Waals surface area contributed by atoms with Crippen molar-refractivity contribution in [3.63, 3.8) is 0 Å². The van der Waals surface area contributed by atoms with Crippen molar-refractivity contribution in [2.75, 3.05) is 13.2 Å². The van der Waals surface area contributed by atoms with Crippen LogP contribution in [0.25, 0.3) is 0 Å². The maximum atomic E-state index is 9.27. The lowest BCUT2D eigenvalue weighted by molar-refractivity contribution is 0.0888. The number of hydrogen-bond acceptors (Lipinski definition) is 4. The molecular formula is C15H16O4. The third-order valence-corrected chi connectivity index (χ3v) is 2.48. The molecular weight excluding hydrogens is 244 g/mol. The summed E-state index contributed by atoms with van der Waals surface area (Å²) in [6, 6.07) is 14.0. The van der Waals surface area contributed by atoms with E-state index in [1.807, 2.05) is 30.3 Å². The molecule has 0 spiro atoms. The molecule has 0 aliphatic heterocycles. The molecule has 2 rings (SSSR count). The highest BCUT2D eigenvalue weighted by atomic mass is 16.5. The molecule has 0 fully saturated rings. The minimum Gasteiger partial charge on any atom is -0.508 e. The van der Waals surface area contributed by atoms with Crippen molar-refractivity contribution in [3.8, 4) is 17.2 Å². The second-order valence-electron chi connectivity index (χ2n) is 4.07. The molecule has 0 atom stereocenters. The Kier molecular flexibility index (Phi) is 4.64. The van der Waals surface area contributed by atoms with Crippen LogP contribution in [0.1, 0.15) is 5.56 Å². The minimum absolute atomic E-state index is 0.0276. The van der Waals surface area contributed by atoms with Crippen molar-refractivity contribution < 1.29 is 19.7 Å². The average molecular weight is 260 g/mol. The van der Waals surface area contributed by atoms with Gasteiger partial charge in [-0.15, -0.1) is 0 Å². The Morgan fingerprint density at radius 2 is 1.53 bits per heavy atom. The maximum Gasteiger partial charge on any atom is 0.126 e. The van der Waals surface area contributed by atoms with Gasteiger partial charge >= 0.3 is 0 Å². The van der Waals surface area contributed by atoms with E-state index in [9.17, 15) is 10.2 Å². The van der Waals surface area contributed by atoms with E-state index in [1.54, 1.807) is 0 Å². The van der Waals surface area contributed by atoms with Gasteiger partial charge in [-0.05, 0) is 5.56 Å². The van der Waals surface area contributed by atoms with E-state index in [0.717, 1.165) is 5.56 Å². The van der Waals surface area contributed by atoms with Gasteiger partial charge in [0.05, 0.1) is 13.2 Å². The highest BCUT2D eigenvalue weighted by Gasteiger charge is 2.00. The summed E-state index contributed by atoms with van der Waals surface area (Å²) >= 11 is 0. The predicted octanol–water partition coefficient (Wildman–Crippen LogP) is 2.69. The first-order valence-corrected chi connectivity index (χ1v) is 6.01. The van der Waals surface area contributed by atoms with Gasteiger partial charge < -0.3 is 19.7 Å². The Morgan fingerprint density at radius 1 is 0.842 bits per heavy atom. The summed E-state index contributed by atoms with van der Waals surface area (Å²) in [4.78, 5) is 0. The van der Waals surface area contributed by atoms with Crippen LogP contribution in [-0.2, 0) is 11.3 Å². The van der Waals surface area contributed by atoms with Crippen molar-refractivity contribution in [3.05, 3.63) is 54.1 Å². The van der Waals surface area contributed by atoms with E-state index in [1.165, 1.54) is 18.2 Å². The lowest BCUT2D eigenvalue weighted by Gasteiger charge is -2.08. The van der Waals surface area contributed by atoms with Crippen LogP contribution in [0.2, 0.25) is 0 Å². The Hall–Kier alpha value is -2.20. The standard InChI is InChI=1S/C15H16O4/c16-13-8-14(17)10-15(9-13)19-7-6-18-11-12-4-2-1-3-5-12/h1-5,8-10,16-17H,6-7,11H2. The Labute approximate surface area is 111 Å². The zero-order valence-corrected chi connectivity index (χ0v) is 10.5. The lowest BCUT2D eigenvalue weighted by Crippen LogP contribution is -2.06. The molecule has 0 amide bonds. The highest BCUT2D eigenvalue weighted by Crippen LogP contribution is 2.25. The molecule has 0 radical (unpaired) electrons. The summed E-state index contributed by atoms with van der Waals surface area (Å²) in [5.41, 5.74) is 1.11. The normalized spacial score (nSPS) is 10.3. The SMILES string of the molecule is Oc1cc(O)cc(OCCOCc2ccccc2)c1. The van der Waals surface area contributed by atoms with Crippen LogP contribution in [0.5, 0.6) is 17.2 Å². The fraction of sp³-hybridized carbons (Fsp3) is 0.200. The summed E-state index contributed by atoms with van der Waals surface area (Å²) in [6.45, 7) is 1.33. The second-order valence-corrected chi connectivity index (χ2v) is 4.07. The zero-order chi connectivity index (χ0) is 13.5. The third kappa shape index (κ3) is 4.52. The monoisotopic (exact) mass is 260 g/mol. The zero-order valence-electron chi connectivity index (χ0n) is 10.5. The molecule has 0 unspecified atom stereocenters. The molecule has 2 N–H and O–H groups in total. The van der Waals surface area contributed by atoms with Crippen molar-refractivity contribution in [1.29, 1.82) is 0 Å². The van der Waals surface area contributed by atoms with Crippen LogP contribution in [0.15, 0.2) is 48.5 Å². The molecule has 0 bridgehead atoms. The van der Waals surface area contributed by atoms with Crippen molar-refractivity contribution in [1.82, 2.24) is 0 Å². The van der Waals surface area contributed by atoms with Crippen LogP contribution < -0.4 is 4.74 Å². The number of ether oxygens (including phenoxy) is 2. The predicted molar refractivity (Wildman–Crippen MR) is 71.4 cm³/mol. The molecule has 0 saturated carbocycles. The van der Waals surface area contributed by atoms with Gasteiger partial charge in [0.25, 0.3) is 0 Å². The van der Waals surface area contributed by atoms with E-state index in [4.69, 9.17) is 9.47 Å². The van der Waals surface area contributed by atoms with Gasteiger partial charge in [-0.1, -0.05) is 30.3 Å². The first-order valence-electron chi connectivity index (χ1n) is 6.01. The quantitative estimate of drug-likeness (QED) is 0.784. The van der Waals surface area contributed by atoms with Crippen LogP contribution in [-0.4, -0.2) is 23.4 Å². The topological polar surface area (TPSA) is 58.9 Å². The first-order chi connectivity index (χ1) is 9.24. The van der Waals surface area contributed by atoms with Crippen LogP contribution in [0.4, 0.5) is 0 Å². The molecule has 4 heteroatoms. The third-order valence-electron chi connectivity index (χ3n) is 2.48. The molecule has 100 valence electrons. The van der Waals surface area contributed by atoms with Crippen molar-refractivity contribution >= 4 is 0 Å². The van der Waals surface area contributed by atoms with E-state index in [-0.39, 0.29) is 11.5 Å². The minimum atomic E-state index is -0.0276. The van der Waals surface area contributed by atoms with Gasteiger partial charge in [-0.2, -0.15) is 0 Å². The molecule has 0 aliphatic carbocycles. The summed E-state index contributed by atoms with van der Waals surface area (Å²) < 4.78 is 10.8. The van der Waals surface area contributed by atoms with Gasteiger partial charge in [0.2, 0.25) is 0 Å². The number of aromatic hydroxyl groups is 2. The number of phenols is 2. The number of hydrogen-bond donors (Lipinski definition) is 2. The Balaban J connectivity index is 1.69. The van der Waals surface area contributed by atoms with E-state index < -0.39 is 0 Å². The van der Waals surface area contributed by atoms with Crippen molar-refractivity contribution in [2.24, 2.45) is 0 Å². The highest BCUT2D eigenvalue weighted by molar-refractivity contribution is 5.40. The van der Waals surface area contributed by atoms with E-state index >= 15 is 0 Å². The van der Waals surface area contributed by atoms with Gasteiger partial charge in [0.15, 0.2) is 0 Å². The van der Waals surface area contributed by atoms with Crippen LogP contribution in [0, 0.1) is 0 Å². The molecule has 2 aromatic carbocycles. The summed E-state index contributed by atoms with van der Waals surface area (Å²) in [7, 11) is 0. The number of phenolic OH excluding ortho intramolecular Hbond substituents is 2. The average Bonchev–Trinajstić information content (AvgIpc) is 2.38. The van der Waals surface area contributed by atoms with Crippen LogP contribution in [0.3, 0.4) is 0 Å². The number of rotatable bonds is 6. The first kappa shape index (κ1) is 13.2. The van der Waals surface area contributed by atoms with Gasteiger partial charge in [-0.3, -0.25) is 0 Å². The fourth-order valence-electron chi connectivity index (χ4n) is 1.63. The Morgan fingerprint density at radius 3 is 2.21 bits per heavy atom. The molecule has 4 nitrogen and oxygen atoms in total.